The summed E-state index contributed by atoms with van der Waals surface area (Å²) in [4.78, 5) is 29.7. The molecule has 0 N–H and O–H groups in total. The SMILES string of the molecule is COc1ccc(Oc2nc3c(c(=O)n(C)c(=O)n3C)n2Cc2ccc(Cl)cc2)cc1. The van der Waals surface area contributed by atoms with Crippen molar-refractivity contribution in [1.82, 2.24) is 18.7 Å². The Kier molecular flexibility index (Phi) is 5.09. The second-order valence-corrected chi connectivity index (χ2v) is 7.20. The Bertz CT molecular complexity index is 1340. The van der Waals surface area contributed by atoms with Crippen LogP contribution in [0.4, 0.5) is 0 Å². The third kappa shape index (κ3) is 3.46. The lowest BCUT2D eigenvalue weighted by Crippen LogP contribution is -2.37. The Labute approximate surface area is 176 Å². The molecule has 0 fully saturated rings. The molecule has 2 aromatic carbocycles. The highest BCUT2D eigenvalue weighted by molar-refractivity contribution is 6.30. The molecule has 0 saturated heterocycles. The van der Waals surface area contributed by atoms with E-state index in [0.717, 1.165) is 10.1 Å². The number of rotatable bonds is 5. The van der Waals surface area contributed by atoms with Gasteiger partial charge in [0.05, 0.1) is 13.7 Å². The first kappa shape index (κ1) is 19.8. The fourth-order valence-corrected chi connectivity index (χ4v) is 3.30. The number of imidazole rings is 1. The molecule has 30 heavy (non-hydrogen) atoms. The molecule has 0 saturated carbocycles. The summed E-state index contributed by atoms with van der Waals surface area (Å²) >= 11 is 5.99. The normalized spacial score (nSPS) is 11.1. The molecule has 0 bridgehead atoms. The molecule has 8 nitrogen and oxygen atoms in total. The molecule has 0 atom stereocenters. The second kappa shape index (κ2) is 7.72. The quantitative estimate of drug-likeness (QED) is 0.490. The highest BCUT2D eigenvalue weighted by Gasteiger charge is 2.21. The van der Waals surface area contributed by atoms with Crippen LogP contribution < -0.4 is 20.7 Å². The van der Waals surface area contributed by atoms with Crippen LogP contribution >= 0.6 is 11.6 Å². The van der Waals surface area contributed by atoms with E-state index in [4.69, 9.17) is 21.1 Å². The third-order valence-electron chi connectivity index (χ3n) is 4.84. The van der Waals surface area contributed by atoms with Crippen molar-refractivity contribution in [2.45, 2.75) is 6.54 Å². The van der Waals surface area contributed by atoms with Crippen LogP contribution in [0, 0.1) is 0 Å². The topological polar surface area (TPSA) is 80.3 Å². The maximum atomic E-state index is 12.9. The largest absolute Gasteiger partial charge is 0.497 e. The van der Waals surface area contributed by atoms with Crippen molar-refractivity contribution in [3.8, 4) is 17.5 Å². The number of hydrogen-bond donors (Lipinski definition) is 0. The van der Waals surface area contributed by atoms with Gasteiger partial charge in [-0.2, -0.15) is 4.98 Å². The molecule has 4 rings (SSSR count). The van der Waals surface area contributed by atoms with Gasteiger partial charge in [-0.3, -0.25) is 18.5 Å². The van der Waals surface area contributed by atoms with E-state index in [9.17, 15) is 9.59 Å². The highest BCUT2D eigenvalue weighted by Crippen LogP contribution is 2.26. The smallest absolute Gasteiger partial charge is 0.332 e. The van der Waals surface area contributed by atoms with Crippen molar-refractivity contribution >= 4 is 22.8 Å². The van der Waals surface area contributed by atoms with Gasteiger partial charge in [-0.15, -0.1) is 0 Å². The summed E-state index contributed by atoms with van der Waals surface area (Å²) in [5, 5.41) is 0.613. The predicted molar refractivity (Wildman–Crippen MR) is 114 cm³/mol. The molecule has 0 amide bonds. The summed E-state index contributed by atoms with van der Waals surface area (Å²) in [5.41, 5.74) is 0.520. The lowest BCUT2D eigenvalue weighted by atomic mass is 10.2. The van der Waals surface area contributed by atoms with E-state index in [-0.39, 0.29) is 17.2 Å². The molecular weight excluding hydrogens is 408 g/mol. The van der Waals surface area contributed by atoms with Crippen molar-refractivity contribution in [2.75, 3.05) is 7.11 Å². The lowest BCUT2D eigenvalue weighted by molar-refractivity contribution is 0.406. The van der Waals surface area contributed by atoms with Crippen molar-refractivity contribution < 1.29 is 9.47 Å². The third-order valence-corrected chi connectivity index (χ3v) is 5.09. The number of nitrogens with zero attached hydrogens (tertiary/aromatic N) is 4. The van der Waals surface area contributed by atoms with Gasteiger partial charge in [0.2, 0.25) is 0 Å². The zero-order chi connectivity index (χ0) is 21.4. The summed E-state index contributed by atoms with van der Waals surface area (Å²) in [6.45, 7) is 0.312. The van der Waals surface area contributed by atoms with E-state index in [1.165, 1.54) is 11.6 Å². The zero-order valence-corrected chi connectivity index (χ0v) is 17.4. The van der Waals surface area contributed by atoms with Crippen LogP contribution in [0.25, 0.3) is 11.2 Å². The van der Waals surface area contributed by atoms with Crippen LogP contribution in [0.2, 0.25) is 5.02 Å². The first-order chi connectivity index (χ1) is 14.4. The first-order valence-electron chi connectivity index (χ1n) is 9.11. The fraction of sp³-hybridized carbons (Fsp3) is 0.190. The predicted octanol–water partition coefficient (Wildman–Crippen LogP) is 2.94. The number of methoxy groups -OCH3 is 1. The number of benzene rings is 2. The molecule has 2 heterocycles. The van der Waals surface area contributed by atoms with Crippen molar-refractivity contribution in [2.24, 2.45) is 14.1 Å². The van der Waals surface area contributed by atoms with Gasteiger partial charge in [-0.1, -0.05) is 23.7 Å². The molecule has 0 unspecified atom stereocenters. The molecule has 0 radical (unpaired) electrons. The number of ether oxygens (including phenoxy) is 2. The van der Waals surface area contributed by atoms with Gasteiger partial charge in [-0.25, -0.2) is 4.79 Å². The summed E-state index contributed by atoms with van der Waals surface area (Å²) in [6, 6.07) is 14.5. The molecule has 0 aliphatic heterocycles. The summed E-state index contributed by atoms with van der Waals surface area (Å²) in [7, 11) is 4.59. The summed E-state index contributed by atoms with van der Waals surface area (Å²) in [6.07, 6.45) is 0. The van der Waals surface area contributed by atoms with Gasteiger partial charge >= 0.3 is 11.7 Å². The van der Waals surface area contributed by atoms with E-state index >= 15 is 0 Å². The van der Waals surface area contributed by atoms with Crippen molar-refractivity contribution in [1.29, 1.82) is 0 Å². The number of halogens is 1. The van der Waals surface area contributed by atoms with Gasteiger partial charge < -0.3 is 9.47 Å². The fourth-order valence-electron chi connectivity index (χ4n) is 3.17. The number of aromatic nitrogens is 4. The minimum Gasteiger partial charge on any atom is -0.497 e. The van der Waals surface area contributed by atoms with E-state index in [1.54, 1.807) is 55.1 Å². The Balaban J connectivity index is 1.89. The van der Waals surface area contributed by atoms with E-state index in [1.807, 2.05) is 12.1 Å². The first-order valence-corrected chi connectivity index (χ1v) is 9.49. The molecular formula is C21H19ClN4O4. The lowest BCUT2D eigenvalue weighted by Gasteiger charge is -2.11. The number of aryl methyl sites for hydroxylation is 1. The minimum absolute atomic E-state index is 0.198. The van der Waals surface area contributed by atoms with Gasteiger partial charge in [-0.05, 0) is 42.0 Å². The molecule has 0 aliphatic rings. The standard InChI is InChI=1S/C21H19ClN4O4/c1-24-18-17(19(27)25(2)21(24)28)26(12-13-4-6-14(22)7-5-13)20(23-18)30-16-10-8-15(29-3)9-11-16/h4-11H,12H2,1-3H3. The van der Waals surface area contributed by atoms with Gasteiger partial charge in [0.25, 0.3) is 5.56 Å². The van der Waals surface area contributed by atoms with Crippen LogP contribution in [0.5, 0.6) is 17.5 Å². The molecule has 2 aromatic heterocycles. The van der Waals surface area contributed by atoms with Crippen molar-refractivity contribution in [3.63, 3.8) is 0 Å². The maximum absolute atomic E-state index is 12.9. The van der Waals surface area contributed by atoms with E-state index in [0.29, 0.717) is 23.1 Å². The Morgan fingerprint density at radius 1 is 0.933 bits per heavy atom. The number of fused-ring (bicyclic) bond motifs is 1. The Morgan fingerprint density at radius 3 is 2.20 bits per heavy atom. The molecule has 154 valence electrons. The monoisotopic (exact) mass is 426 g/mol. The maximum Gasteiger partial charge on any atom is 0.332 e. The van der Waals surface area contributed by atoms with Crippen LogP contribution in [-0.4, -0.2) is 25.8 Å². The number of hydrogen-bond acceptors (Lipinski definition) is 5. The second-order valence-electron chi connectivity index (χ2n) is 6.76. The molecule has 0 spiro atoms. The molecule has 9 heteroatoms. The van der Waals surface area contributed by atoms with Crippen molar-refractivity contribution in [3.05, 3.63) is 80.0 Å². The molecule has 4 aromatic rings. The summed E-state index contributed by atoms with van der Waals surface area (Å²) in [5.74, 6) is 1.21. The van der Waals surface area contributed by atoms with Crippen LogP contribution in [0.1, 0.15) is 5.56 Å². The molecule has 0 aliphatic carbocycles. The van der Waals surface area contributed by atoms with Crippen LogP contribution in [-0.2, 0) is 20.6 Å². The Morgan fingerprint density at radius 2 is 1.57 bits per heavy atom. The minimum atomic E-state index is -0.459. The van der Waals surface area contributed by atoms with Crippen LogP contribution in [0.3, 0.4) is 0 Å². The van der Waals surface area contributed by atoms with E-state index in [2.05, 4.69) is 4.98 Å². The van der Waals surface area contributed by atoms with Gasteiger partial charge in [0.1, 0.15) is 11.5 Å². The highest BCUT2D eigenvalue weighted by atomic mass is 35.5. The van der Waals surface area contributed by atoms with Gasteiger partial charge in [0.15, 0.2) is 11.2 Å². The zero-order valence-electron chi connectivity index (χ0n) is 16.6. The average Bonchev–Trinajstić information content (AvgIpc) is 3.11. The van der Waals surface area contributed by atoms with Gasteiger partial charge in [0, 0.05) is 19.1 Å². The average molecular weight is 427 g/mol. The van der Waals surface area contributed by atoms with Crippen LogP contribution in [0.15, 0.2) is 58.1 Å². The van der Waals surface area contributed by atoms with E-state index < -0.39 is 11.2 Å². The summed E-state index contributed by atoms with van der Waals surface area (Å²) < 4.78 is 15.2. The Hall–Kier alpha value is -3.52.